The first kappa shape index (κ1) is 8.95. The standard InChI is InChI=1S/C8H12O2/c1-4-5-6-8(9)10-7(2)3/h4-7H,1H2,2-3H3/b6-5-. The van der Waals surface area contributed by atoms with Crippen LogP contribution in [-0.4, -0.2) is 12.1 Å². The van der Waals surface area contributed by atoms with Crippen LogP contribution in [0.1, 0.15) is 13.8 Å². The van der Waals surface area contributed by atoms with Crippen molar-refractivity contribution in [2.45, 2.75) is 20.0 Å². The van der Waals surface area contributed by atoms with Gasteiger partial charge >= 0.3 is 5.97 Å². The second-order valence-electron chi connectivity index (χ2n) is 2.08. The molecular formula is C8H12O2. The SMILES string of the molecule is C=C/C=C\C(=O)OC(C)C. The Labute approximate surface area is 61.2 Å². The Hall–Kier alpha value is -1.05. The first-order valence-corrected chi connectivity index (χ1v) is 3.16. The maximum atomic E-state index is 10.7. The molecule has 0 fully saturated rings. The van der Waals surface area contributed by atoms with Crippen LogP contribution in [-0.2, 0) is 9.53 Å². The molecule has 0 aliphatic heterocycles. The Morgan fingerprint density at radius 1 is 1.60 bits per heavy atom. The molecule has 0 bridgehead atoms. The fraction of sp³-hybridized carbons (Fsp3) is 0.375. The summed E-state index contributed by atoms with van der Waals surface area (Å²) in [4.78, 5) is 10.7. The normalized spacial score (nSPS) is 10.3. The third-order valence-corrected chi connectivity index (χ3v) is 0.720. The Balaban J connectivity index is 3.64. The first-order valence-electron chi connectivity index (χ1n) is 3.16. The largest absolute Gasteiger partial charge is 0.460 e. The summed E-state index contributed by atoms with van der Waals surface area (Å²) in [7, 11) is 0. The first-order chi connectivity index (χ1) is 4.66. The van der Waals surface area contributed by atoms with Gasteiger partial charge in [-0.1, -0.05) is 18.7 Å². The predicted molar refractivity (Wildman–Crippen MR) is 40.6 cm³/mol. The van der Waals surface area contributed by atoms with E-state index in [1.54, 1.807) is 19.9 Å². The molecule has 10 heavy (non-hydrogen) atoms. The van der Waals surface area contributed by atoms with E-state index in [-0.39, 0.29) is 12.1 Å². The highest BCUT2D eigenvalue weighted by molar-refractivity contribution is 5.82. The van der Waals surface area contributed by atoms with E-state index in [1.807, 2.05) is 0 Å². The van der Waals surface area contributed by atoms with Gasteiger partial charge in [-0.25, -0.2) is 4.79 Å². The van der Waals surface area contributed by atoms with E-state index in [2.05, 4.69) is 6.58 Å². The number of carbonyl (C=O) groups excluding carboxylic acids is 1. The van der Waals surface area contributed by atoms with Crippen molar-refractivity contribution in [3.8, 4) is 0 Å². The van der Waals surface area contributed by atoms with E-state index in [4.69, 9.17) is 4.74 Å². The van der Waals surface area contributed by atoms with Gasteiger partial charge in [0.1, 0.15) is 0 Å². The molecule has 0 rings (SSSR count). The highest BCUT2D eigenvalue weighted by atomic mass is 16.5. The van der Waals surface area contributed by atoms with Crippen LogP contribution in [0.25, 0.3) is 0 Å². The van der Waals surface area contributed by atoms with Gasteiger partial charge in [-0.3, -0.25) is 0 Å². The van der Waals surface area contributed by atoms with Crippen LogP contribution >= 0.6 is 0 Å². The minimum Gasteiger partial charge on any atom is -0.460 e. The van der Waals surface area contributed by atoms with Crippen LogP contribution in [0, 0.1) is 0 Å². The summed E-state index contributed by atoms with van der Waals surface area (Å²) in [5, 5.41) is 0. The molecule has 2 nitrogen and oxygen atoms in total. The lowest BCUT2D eigenvalue weighted by Crippen LogP contribution is -2.08. The number of hydrogen-bond acceptors (Lipinski definition) is 2. The zero-order chi connectivity index (χ0) is 7.98. The third kappa shape index (κ3) is 5.09. The Morgan fingerprint density at radius 2 is 2.20 bits per heavy atom. The lowest BCUT2D eigenvalue weighted by atomic mass is 10.4. The molecule has 0 N–H and O–H groups in total. The van der Waals surface area contributed by atoms with E-state index >= 15 is 0 Å². The monoisotopic (exact) mass is 140 g/mol. The van der Waals surface area contributed by atoms with Crippen molar-refractivity contribution in [2.24, 2.45) is 0 Å². The van der Waals surface area contributed by atoms with Crippen molar-refractivity contribution in [2.75, 3.05) is 0 Å². The summed E-state index contributed by atoms with van der Waals surface area (Å²) >= 11 is 0. The summed E-state index contributed by atoms with van der Waals surface area (Å²) in [6.07, 6.45) is 4.36. The zero-order valence-corrected chi connectivity index (χ0v) is 6.33. The van der Waals surface area contributed by atoms with Gasteiger partial charge in [0.2, 0.25) is 0 Å². The lowest BCUT2D eigenvalue weighted by Gasteiger charge is -2.02. The molecule has 2 heteroatoms. The van der Waals surface area contributed by atoms with Crippen molar-refractivity contribution < 1.29 is 9.53 Å². The van der Waals surface area contributed by atoms with E-state index in [0.717, 1.165) is 0 Å². The maximum Gasteiger partial charge on any atom is 0.330 e. The molecule has 0 amide bonds. The van der Waals surface area contributed by atoms with Gasteiger partial charge in [-0.2, -0.15) is 0 Å². The second-order valence-corrected chi connectivity index (χ2v) is 2.08. The summed E-state index contributed by atoms with van der Waals surface area (Å²) in [6, 6.07) is 0. The van der Waals surface area contributed by atoms with Gasteiger partial charge in [0.25, 0.3) is 0 Å². The minimum atomic E-state index is -0.324. The predicted octanol–water partition coefficient (Wildman–Crippen LogP) is 1.68. The Kier molecular flexibility index (Phi) is 4.29. The van der Waals surface area contributed by atoms with Crippen LogP contribution in [0.2, 0.25) is 0 Å². The smallest absolute Gasteiger partial charge is 0.330 e. The molecule has 0 aliphatic carbocycles. The lowest BCUT2D eigenvalue weighted by molar-refractivity contribution is -0.141. The topological polar surface area (TPSA) is 26.3 Å². The molecule has 0 atom stereocenters. The molecule has 0 aromatic carbocycles. The summed E-state index contributed by atoms with van der Waals surface area (Å²) in [5.41, 5.74) is 0. The van der Waals surface area contributed by atoms with Crippen molar-refractivity contribution in [1.82, 2.24) is 0 Å². The van der Waals surface area contributed by atoms with Crippen molar-refractivity contribution >= 4 is 5.97 Å². The van der Waals surface area contributed by atoms with Gasteiger partial charge < -0.3 is 4.74 Å². The molecule has 0 saturated carbocycles. The van der Waals surface area contributed by atoms with Crippen LogP contribution in [0.15, 0.2) is 24.8 Å². The van der Waals surface area contributed by atoms with Crippen LogP contribution in [0.3, 0.4) is 0 Å². The molecule has 0 unspecified atom stereocenters. The second kappa shape index (κ2) is 4.79. The quantitative estimate of drug-likeness (QED) is 0.338. The van der Waals surface area contributed by atoms with Crippen LogP contribution in [0.5, 0.6) is 0 Å². The average molecular weight is 140 g/mol. The molecule has 0 heterocycles. The molecule has 0 aromatic heterocycles. The maximum absolute atomic E-state index is 10.7. The molecule has 56 valence electrons. The van der Waals surface area contributed by atoms with Crippen molar-refractivity contribution in [1.29, 1.82) is 0 Å². The van der Waals surface area contributed by atoms with Crippen LogP contribution in [0.4, 0.5) is 0 Å². The number of carbonyl (C=O) groups is 1. The van der Waals surface area contributed by atoms with E-state index in [1.165, 1.54) is 12.2 Å². The molecule has 0 saturated heterocycles. The fourth-order valence-corrected chi connectivity index (χ4v) is 0.418. The van der Waals surface area contributed by atoms with Gasteiger partial charge in [0, 0.05) is 6.08 Å². The third-order valence-electron chi connectivity index (χ3n) is 0.720. The average Bonchev–Trinajstić information content (AvgIpc) is 1.82. The van der Waals surface area contributed by atoms with Gasteiger partial charge in [0.05, 0.1) is 6.10 Å². The van der Waals surface area contributed by atoms with Crippen LogP contribution < -0.4 is 0 Å². The van der Waals surface area contributed by atoms with Gasteiger partial charge in [-0.15, -0.1) is 0 Å². The number of hydrogen-bond donors (Lipinski definition) is 0. The number of ether oxygens (including phenoxy) is 1. The summed E-state index contributed by atoms with van der Waals surface area (Å²) < 4.78 is 4.78. The van der Waals surface area contributed by atoms with E-state index < -0.39 is 0 Å². The van der Waals surface area contributed by atoms with Gasteiger partial charge in [0.15, 0.2) is 0 Å². The van der Waals surface area contributed by atoms with E-state index in [0.29, 0.717) is 0 Å². The summed E-state index contributed by atoms with van der Waals surface area (Å²) in [6.45, 7) is 7.03. The minimum absolute atomic E-state index is 0.0537. The van der Waals surface area contributed by atoms with Crippen molar-refractivity contribution in [3.63, 3.8) is 0 Å². The molecule has 0 spiro atoms. The molecular weight excluding hydrogens is 128 g/mol. The highest BCUT2D eigenvalue weighted by Gasteiger charge is 1.97. The summed E-state index contributed by atoms with van der Waals surface area (Å²) in [5.74, 6) is -0.324. The number of esters is 1. The molecule has 0 radical (unpaired) electrons. The van der Waals surface area contributed by atoms with Gasteiger partial charge in [-0.05, 0) is 13.8 Å². The molecule has 0 aliphatic rings. The van der Waals surface area contributed by atoms with E-state index in [9.17, 15) is 4.79 Å². The number of allylic oxidation sites excluding steroid dienone is 2. The molecule has 0 aromatic rings. The Bertz CT molecular complexity index is 145. The zero-order valence-electron chi connectivity index (χ0n) is 6.33. The number of rotatable bonds is 3. The Morgan fingerprint density at radius 3 is 2.60 bits per heavy atom. The van der Waals surface area contributed by atoms with Crippen molar-refractivity contribution in [3.05, 3.63) is 24.8 Å². The highest BCUT2D eigenvalue weighted by Crippen LogP contribution is 1.89. The fourth-order valence-electron chi connectivity index (χ4n) is 0.418.